The lowest BCUT2D eigenvalue weighted by molar-refractivity contribution is -0.117. The van der Waals surface area contributed by atoms with Crippen LogP contribution in [0.5, 0.6) is 0 Å². The van der Waals surface area contributed by atoms with Crippen molar-refractivity contribution in [2.45, 2.75) is 47.1 Å². The van der Waals surface area contributed by atoms with Crippen LogP contribution in [0.25, 0.3) is 0 Å². The molecule has 0 aromatic heterocycles. The summed E-state index contributed by atoms with van der Waals surface area (Å²) < 4.78 is 13.7. The summed E-state index contributed by atoms with van der Waals surface area (Å²) in [6.07, 6.45) is 1.13. The molecule has 1 heterocycles. The second kappa shape index (κ2) is 9.27. The fourth-order valence-corrected chi connectivity index (χ4v) is 3.86. The summed E-state index contributed by atoms with van der Waals surface area (Å²) in [5.74, 6) is -0.477. The predicted molar refractivity (Wildman–Crippen MR) is 123 cm³/mol. The van der Waals surface area contributed by atoms with Crippen molar-refractivity contribution in [3.63, 3.8) is 0 Å². The molecule has 5 nitrogen and oxygen atoms in total. The number of nitrogens with zero attached hydrogens (tertiary/aromatic N) is 2. The molecule has 3 amide bonds. The minimum Gasteiger partial charge on any atom is -0.324 e. The van der Waals surface area contributed by atoms with Gasteiger partial charge in [-0.25, -0.2) is 9.18 Å². The molecular weight excluding hydrogens is 417 g/mol. The first kappa shape index (κ1) is 23.1. The number of nitrogens with one attached hydrogen (secondary N) is 1. The number of benzene rings is 2. The number of urea groups is 1. The molecule has 2 aromatic rings. The lowest BCUT2D eigenvalue weighted by Crippen LogP contribution is -2.49. The third-order valence-corrected chi connectivity index (χ3v) is 5.46. The van der Waals surface area contributed by atoms with Crippen LogP contribution in [-0.4, -0.2) is 29.9 Å². The van der Waals surface area contributed by atoms with Crippen molar-refractivity contribution >= 4 is 34.9 Å². The Morgan fingerprint density at radius 1 is 1.16 bits per heavy atom. The Morgan fingerprint density at radius 3 is 2.61 bits per heavy atom. The first-order valence-corrected chi connectivity index (χ1v) is 10.8. The van der Waals surface area contributed by atoms with Gasteiger partial charge in [-0.3, -0.25) is 9.69 Å². The highest BCUT2D eigenvalue weighted by molar-refractivity contribution is 6.31. The van der Waals surface area contributed by atoms with Gasteiger partial charge in [0.05, 0.1) is 11.4 Å². The number of carbonyl (C=O) groups is 2. The average Bonchev–Trinajstić information content (AvgIpc) is 2.65. The van der Waals surface area contributed by atoms with Crippen LogP contribution in [-0.2, 0) is 11.3 Å². The topological polar surface area (TPSA) is 52.6 Å². The minimum absolute atomic E-state index is 0.0905. The second-order valence-corrected chi connectivity index (χ2v) is 9.66. The molecule has 31 heavy (non-hydrogen) atoms. The zero-order chi connectivity index (χ0) is 22.8. The average molecular weight is 446 g/mol. The number of hydrogen-bond acceptors (Lipinski definition) is 2. The van der Waals surface area contributed by atoms with Crippen molar-refractivity contribution in [1.29, 1.82) is 0 Å². The van der Waals surface area contributed by atoms with Crippen LogP contribution in [0.2, 0.25) is 5.02 Å². The Bertz CT molecular complexity index is 987. The Balaban J connectivity index is 1.84. The molecule has 1 saturated heterocycles. The van der Waals surface area contributed by atoms with Gasteiger partial charge < -0.3 is 10.2 Å². The summed E-state index contributed by atoms with van der Waals surface area (Å²) in [6.45, 7) is 9.29. The normalized spacial score (nSPS) is 14.7. The molecule has 0 atom stereocenters. The van der Waals surface area contributed by atoms with Gasteiger partial charge in [-0.1, -0.05) is 38.4 Å². The van der Waals surface area contributed by atoms with Gasteiger partial charge in [-0.15, -0.1) is 0 Å². The van der Waals surface area contributed by atoms with E-state index in [4.69, 9.17) is 11.6 Å². The highest BCUT2D eigenvalue weighted by Crippen LogP contribution is 2.32. The summed E-state index contributed by atoms with van der Waals surface area (Å²) in [5.41, 5.74) is 2.69. The van der Waals surface area contributed by atoms with Gasteiger partial charge in [-0.2, -0.15) is 0 Å². The summed E-state index contributed by atoms with van der Waals surface area (Å²) in [5, 5.41) is 3.41. The molecule has 0 aliphatic carbocycles. The smallest absolute Gasteiger partial charge is 0.324 e. The molecule has 0 saturated carbocycles. The van der Waals surface area contributed by atoms with Gasteiger partial charge in [-0.05, 0) is 60.2 Å². The highest BCUT2D eigenvalue weighted by Gasteiger charge is 2.29. The summed E-state index contributed by atoms with van der Waals surface area (Å²) in [7, 11) is 0. The maximum absolute atomic E-state index is 13.7. The fraction of sp³-hybridized carbons (Fsp3) is 0.417. The van der Waals surface area contributed by atoms with Gasteiger partial charge in [0, 0.05) is 31.1 Å². The molecule has 1 fully saturated rings. The van der Waals surface area contributed by atoms with E-state index >= 15 is 0 Å². The number of aryl methyl sites for hydroxylation is 1. The first-order chi connectivity index (χ1) is 14.5. The first-order valence-electron chi connectivity index (χ1n) is 10.4. The number of carbonyl (C=O) groups excluding carboxylic acids is 2. The molecule has 0 bridgehead atoms. The minimum atomic E-state index is -0.386. The van der Waals surface area contributed by atoms with Crippen LogP contribution < -0.4 is 10.2 Å². The Labute approximate surface area is 188 Å². The van der Waals surface area contributed by atoms with Crippen LogP contribution in [0.4, 0.5) is 20.6 Å². The van der Waals surface area contributed by atoms with Crippen molar-refractivity contribution < 1.29 is 14.0 Å². The molecular formula is C24H29ClFN3O2. The molecule has 0 unspecified atom stereocenters. The lowest BCUT2D eigenvalue weighted by atomic mass is 9.92. The maximum Gasteiger partial charge on any atom is 0.324 e. The second-order valence-electron chi connectivity index (χ2n) is 9.25. The molecule has 2 aromatic carbocycles. The highest BCUT2D eigenvalue weighted by atomic mass is 35.5. The standard InChI is InChI=1S/C24H29ClFN3O2/c1-16-6-9-21(20(12-16)27-22(30)14-24(2,3)4)29-11-5-10-28(23(29)31)15-17-13-18(26)7-8-19(17)25/h6-9,12-13H,5,10-11,14-15H2,1-4H3,(H,27,30). The SMILES string of the molecule is Cc1ccc(N2CCCN(Cc3cc(F)ccc3Cl)C2=O)c(NC(=O)CC(C)(C)C)c1. The molecule has 1 N–H and O–H groups in total. The van der Waals surface area contributed by atoms with Crippen LogP contribution in [0.3, 0.4) is 0 Å². The Kier molecular flexibility index (Phi) is 6.90. The Hall–Kier alpha value is -2.60. The van der Waals surface area contributed by atoms with E-state index < -0.39 is 0 Å². The largest absolute Gasteiger partial charge is 0.324 e. The molecule has 1 aliphatic heterocycles. The zero-order valence-corrected chi connectivity index (χ0v) is 19.2. The number of anilines is 2. The van der Waals surface area contributed by atoms with E-state index in [1.807, 2.05) is 45.9 Å². The van der Waals surface area contributed by atoms with Crippen molar-refractivity contribution in [2.75, 3.05) is 23.3 Å². The number of amides is 3. The summed E-state index contributed by atoms with van der Waals surface area (Å²) in [4.78, 5) is 29.2. The lowest BCUT2D eigenvalue weighted by Gasteiger charge is -2.36. The summed E-state index contributed by atoms with van der Waals surface area (Å²) in [6, 6.07) is 9.63. The number of rotatable bonds is 5. The van der Waals surface area contributed by atoms with Crippen LogP contribution in [0.15, 0.2) is 36.4 Å². The third-order valence-electron chi connectivity index (χ3n) is 5.09. The molecule has 1 aliphatic rings. The van der Waals surface area contributed by atoms with Crippen LogP contribution in [0.1, 0.15) is 44.7 Å². The van der Waals surface area contributed by atoms with E-state index in [0.717, 1.165) is 12.0 Å². The van der Waals surface area contributed by atoms with Crippen molar-refractivity contribution in [3.05, 3.63) is 58.4 Å². The van der Waals surface area contributed by atoms with Crippen LogP contribution >= 0.6 is 11.6 Å². The van der Waals surface area contributed by atoms with Crippen molar-refractivity contribution in [2.24, 2.45) is 5.41 Å². The monoisotopic (exact) mass is 445 g/mol. The fourth-order valence-electron chi connectivity index (χ4n) is 3.68. The van der Waals surface area contributed by atoms with Gasteiger partial charge in [0.15, 0.2) is 0 Å². The van der Waals surface area contributed by atoms with E-state index in [9.17, 15) is 14.0 Å². The summed E-state index contributed by atoms with van der Waals surface area (Å²) >= 11 is 6.20. The molecule has 7 heteroatoms. The zero-order valence-electron chi connectivity index (χ0n) is 18.5. The van der Waals surface area contributed by atoms with Gasteiger partial charge >= 0.3 is 6.03 Å². The number of halogens is 2. The van der Waals surface area contributed by atoms with Gasteiger partial charge in [0.2, 0.25) is 5.91 Å². The maximum atomic E-state index is 13.7. The predicted octanol–water partition coefficient (Wildman–Crippen LogP) is 5.99. The molecule has 166 valence electrons. The number of hydrogen-bond donors (Lipinski definition) is 1. The van der Waals surface area contributed by atoms with Gasteiger partial charge in [0.25, 0.3) is 0 Å². The van der Waals surface area contributed by atoms with Crippen LogP contribution in [0, 0.1) is 18.2 Å². The van der Waals surface area contributed by atoms with E-state index in [-0.39, 0.29) is 29.7 Å². The third kappa shape index (κ3) is 5.97. The molecule has 3 rings (SSSR count). The van der Waals surface area contributed by atoms with Gasteiger partial charge in [0.1, 0.15) is 5.82 Å². The quantitative estimate of drug-likeness (QED) is 0.614. The van der Waals surface area contributed by atoms with Crippen molar-refractivity contribution in [1.82, 2.24) is 4.90 Å². The van der Waals surface area contributed by atoms with E-state index in [2.05, 4.69) is 5.32 Å². The molecule has 0 radical (unpaired) electrons. The van der Waals surface area contributed by atoms with Crippen molar-refractivity contribution in [3.8, 4) is 0 Å². The van der Waals surface area contributed by atoms with E-state index in [0.29, 0.717) is 41.5 Å². The van der Waals surface area contributed by atoms with E-state index in [1.165, 1.54) is 18.2 Å². The Morgan fingerprint density at radius 2 is 1.90 bits per heavy atom. The molecule has 0 spiro atoms. The van der Waals surface area contributed by atoms with E-state index in [1.54, 1.807) is 9.80 Å².